The van der Waals surface area contributed by atoms with E-state index in [2.05, 4.69) is 89.5 Å². The number of nitrogens with zero attached hydrogens (tertiary/aromatic N) is 2. The van der Waals surface area contributed by atoms with Crippen LogP contribution in [0.15, 0.2) is 145 Å². The zero-order valence-corrected chi connectivity index (χ0v) is 22.6. The van der Waals surface area contributed by atoms with Crippen LogP contribution < -0.4 is 0 Å². The van der Waals surface area contributed by atoms with Crippen molar-refractivity contribution in [2.24, 2.45) is 0 Å². The summed E-state index contributed by atoms with van der Waals surface area (Å²) in [5.41, 5.74) is 7.28. The van der Waals surface area contributed by atoms with Crippen molar-refractivity contribution in [2.75, 3.05) is 0 Å². The molecule has 6 aromatic carbocycles. The van der Waals surface area contributed by atoms with E-state index in [1.54, 1.807) is 11.3 Å². The third kappa shape index (κ3) is 3.24. The summed E-state index contributed by atoms with van der Waals surface area (Å²) in [6.07, 6.45) is 0. The van der Waals surface area contributed by atoms with Gasteiger partial charge in [0.2, 0.25) is 0 Å². The molecule has 0 saturated heterocycles. The second-order valence-electron chi connectivity index (χ2n) is 10.2. The molecule has 0 radical (unpaired) electrons. The van der Waals surface area contributed by atoms with Gasteiger partial charge in [0.1, 0.15) is 0 Å². The first-order valence-corrected chi connectivity index (χ1v) is 14.4. The molecular formula is C38H24N2S. The highest BCUT2D eigenvalue weighted by Crippen LogP contribution is 2.46. The van der Waals surface area contributed by atoms with Crippen LogP contribution >= 0.6 is 11.3 Å². The summed E-state index contributed by atoms with van der Waals surface area (Å²) < 4.78 is 49.1. The molecule has 0 atom stereocenters. The summed E-state index contributed by atoms with van der Waals surface area (Å²) in [5.74, 6) is 0. The van der Waals surface area contributed by atoms with Gasteiger partial charge >= 0.3 is 0 Å². The highest BCUT2D eigenvalue weighted by molar-refractivity contribution is 7.27. The minimum absolute atomic E-state index is 0.151. The molecule has 3 heterocycles. The molecule has 0 spiro atoms. The first-order valence-electron chi connectivity index (χ1n) is 16.0. The zero-order chi connectivity index (χ0) is 31.3. The van der Waals surface area contributed by atoms with E-state index in [0.717, 1.165) is 38.6 Å². The van der Waals surface area contributed by atoms with E-state index in [1.165, 1.54) is 31.2 Å². The van der Waals surface area contributed by atoms with Gasteiger partial charge in [-0.2, -0.15) is 0 Å². The zero-order valence-electron chi connectivity index (χ0n) is 26.8. The van der Waals surface area contributed by atoms with E-state index in [1.807, 2.05) is 34.9 Å². The summed E-state index contributed by atoms with van der Waals surface area (Å²) in [6.45, 7) is 0. The number of thiophene rings is 1. The van der Waals surface area contributed by atoms with Gasteiger partial charge < -0.3 is 9.13 Å². The van der Waals surface area contributed by atoms with Crippen LogP contribution in [0, 0.1) is 0 Å². The Kier molecular flexibility index (Phi) is 3.87. The van der Waals surface area contributed by atoms with E-state index >= 15 is 0 Å². The molecule has 0 bridgehead atoms. The van der Waals surface area contributed by atoms with Crippen LogP contribution in [-0.4, -0.2) is 9.13 Å². The Labute approximate surface area is 248 Å². The van der Waals surface area contributed by atoms with Crippen molar-refractivity contribution >= 4 is 64.3 Å². The second kappa shape index (κ2) is 8.69. The van der Waals surface area contributed by atoms with E-state index in [4.69, 9.17) is 6.85 Å². The highest BCUT2D eigenvalue weighted by atomic mass is 32.1. The molecule has 0 saturated carbocycles. The van der Waals surface area contributed by atoms with Crippen LogP contribution in [0.25, 0.3) is 75.5 Å². The summed E-state index contributed by atoms with van der Waals surface area (Å²) >= 11 is 1.79. The van der Waals surface area contributed by atoms with Gasteiger partial charge in [-0.05, 0) is 53.5 Å². The van der Waals surface area contributed by atoms with Crippen LogP contribution in [-0.2, 0) is 0 Å². The topological polar surface area (TPSA) is 9.86 Å². The lowest BCUT2D eigenvalue weighted by Gasteiger charge is -2.10. The fourth-order valence-electron chi connectivity index (χ4n) is 6.30. The number of aromatic nitrogens is 2. The molecule has 0 amide bonds. The van der Waals surface area contributed by atoms with Crippen molar-refractivity contribution in [2.45, 2.75) is 0 Å². The van der Waals surface area contributed by atoms with Crippen molar-refractivity contribution in [3.05, 3.63) is 145 Å². The van der Waals surface area contributed by atoms with Crippen LogP contribution in [0.1, 0.15) is 6.85 Å². The van der Waals surface area contributed by atoms with Gasteiger partial charge in [0.15, 0.2) is 0 Å². The number of fused-ring (bicyclic) bond motifs is 8. The predicted octanol–water partition coefficient (Wildman–Crippen LogP) is 10.8. The van der Waals surface area contributed by atoms with Gasteiger partial charge in [0, 0.05) is 37.6 Å². The molecule has 3 aromatic heterocycles. The molecule has 0 aliphatic heterocycles. The monoisotopic (exact) mass is 545 g/mol. The Bertz CT molecular complexity index is 2670. The smallest absolute Gasteiger partial charge is 0.0727 e. The first-order chi connectivity index (χ1) is 22.4. The van der Waals surface area contributed by atoms with Gasteiger partial charge in [-0.25, -0.2) is 0 Å². The molecule has 0 aliphatic rings. The standard InChI is InChI=1S/C38H24N2S/c1-3-12-26(13-4-1)39-33-20-9-7-16-29(33)30-23-22-25(24-35(30)39)28-18-11-19-32-36-38(41-37(28)32)31-17-8-10-21-34(31)40(36)27-14-5-2-6-15-27/h1-24H/i1D,3D,4D,12D,13D. The Morgan fingerprint density at radius 1 is 0.488 bits per heavy atom. The number of para-hydroxylation sites is 4. The largest absolute Gasteiger partial charge is 0.309 e. The van der Waals surface area contributed by atoms with Crippen molar-refractivity contribution in [1.82, 2.24) is 9.13 Å². The molecule has 3 heteroatoms. The minimum atomic E-state index is -0.399. The summed E-state index contributed by atoms with van der Waals surface area (Å²) in [6, 6.07) is 38.1. The lowest BCUT2D eigenvalue weighted by Crippen LogP contribution is -1.93. The maximum absolute atomic E-state index is 8.79. The lowest BCUT2D eigenvalue weighted by molar-refractivity contribution is 1.18. The maximum atomic E-state index is 8.79. The molecular weight excluding hydrogens is 516 g/mol. The van der Waals surface area contributed by atoms with Gasteiger partial charge in [-0.3, -0.25) is 0 Å². The summed E-state index contributed by atoms with van der Waals surface area (Å²) in [7, 11) is 0. The molecule has 0 N–H and O–H groups in total. The van der Waals surface area contributed by atoms with Crippen molar-refractivity contribution < 1.29 is 6.85 Å². The normalized spacial score (nSPS) is 13.6. The molecule has 0 aliphatic carbocycles. The third-order valence-corrected chi connectivity index (χ3v) is 9.27. The Morgan fingerprint density at radius 2 is 1.17 bits per heavy atom. The third-order valence-electron chi connectivity index (χ3n) is 8.01. The van der Waals surface area contributed by atoms with Crippen molar-refractivity contribution in [1.29, 1.82) is 0 Å². The van der Waals surface area contributed by atoms with Crippen LogP contribution in [0.4, 0.5) is 0 Å². The van der Waals surface area contributed by atoms with E-state index in [0.29, 0.717) is 0 Å². The van der Waals surface area contributed by atoms with Crippen molar-refractivity contribution in [3.63, 3.8) is 0 Å². The molecule has 9 aromatic rings. The average molecular weight is 546 g/mol. The first kappa shape index (κ1) is 18.3. The predicted molar refractivity (Wildman–Crippen MR) is 176 cm³/mol. The number of benzene rings is 6. The van der Waals surface area contributed by atoms with Crippen molar-refractivity contribution in [3.8, 4) is 22.5 Å². The van der Waals surface area contributed by atoms with Crippen LogP contribution in [0.3, 0.4) is 0 Å². The fourth-order valence-corrected chi connectivity index (χ4v) is 7.65. The number of rotatable bonds is 3. The van der Waals surface area contributed by atoms with E-state index < -0.39 is 6.04 Å². The van der Waals surface area contributed by atoms with E-state index in [9.17, 15) is 0 Å². The van der Waals surface area contributed by atoms with Gasteiger partial charge in [0.05, 0.1) is 33.6 Å². The molecule has 9 rings (SSSR count). The quantitative estimate of drug-likeness (QED) is 0.209. The molecule has 0 unspecified atom stereocenters. The maximum Gasteiger partial charge on any atom is 0.0727 e. The molecule has 2 nitrogen and oxygen atoms in total. The Morgan fingerprint density at radius 3 is 2.00 bits per heavy atom. The lowest BCUT2D eigenvalue weighted by atomic mass is 10.0. The van der Waals surface area contributed by atoms with Gasteiger partial charge in [0.25, 0.3) is 0 Å². The Hall–Kier alpha value is -5.12. The van der Waals surface area contributed by atoms with Crippen LogP contribution in [0.5, 0.6) is 0 Å². The SMILES string of the molecule is [2H]c1c([2H])c([2H])c(-n2c3ccccc3c3ccc(-c4cccc5c4sc4c6ccccc6n(-c6ccccc6)c54)cc32)c([2H])c1[2H]. The van der Waals surface area contributed by atoms with Crippen LogP contribution in [0.2, 0.25) is 0 Å². The number of hydrogen-bond donors (Lipinski definition) is 0. The highest BCUT2D eigenvalue weighted by Gasteiger charge is 2.20. The molecule has 0 fully saturated rings. The second-order valence-corrected chi connectivity index (χ2v) is 11.2. The van der Waals surface area contributed by atoms with E-state index in [-0.39, 0.29) is 29.9 Å². The fraction of sp³-hybridized carbons (Fsp3) is 0. The number of hydrogen-bond acceptors (Lipinski definition) is 1. The Balaban J connectivity index is 1.36. The molecule has 192 valence electrons. The summed E-state index contributed by atoms with van der Waals surface area (Å²) in [4.78, 5) is 0. The van der Waals surface area contributed by atoms with Gasteiger partial charge in [-0.1, -0.05) is 103 Å². The summed E-state index contributed by atoms with van der Waals surface area (Å²) in [5, 5.41) is 4.30. The molecule has 41 heavy (non-hydrogen) atoms. The average Bonchev–Trinajstić information content (AvgIpc) is 3.74. The minimum Gasteiger partial charge on any atom is -0.309 e. The van der Waals surface area contributed by atoms with Gasteiger partial charge in [-0.15, -0.1) is 11.3 Å².